The summed E-state index contributed by atoms with van der Waals surface area (Å²) < 4.78 is 0. The third kappa shape index (κ3) is 2.20. The molecule has 4 nitrogen and oxygen atoms in total. The first-order valence-corrected chi connectivity index (χ1v) is 5.57. The number of aromatic nitrogens is 2. The quantitative estimate of drug-likeness (QED) is 0.884. The van der Waals surface area contributed by atoms with Gasteiger partial charge in [0.15, 0.2) is 5.16 Å². The number of carboxylic acids is 1. The Morgan fingerprint density at radius 2 is 2.31 bits per heavy atom. The van der Waals surface area contributed by atoms with E-state index in [1.165, 1.54) is 11.8 Å². The minimum absolute atomic E-state index is 0.102. The molecule has 6 heteroatoms. The second-order valence-corrected chi connectivity index (χ2v) is 4.35. The zero-order valence-corrected chi connectivity index (χ0v) is 9.55. The highest BCUT2D eigenvalue weighted by Gasteiger charge is 2.15. The number of rotatable bonds is 3. The molecule has 0 aliphatic heterocycles. The SMILES string of the molecule is O=C(O)c1c(Cl)cccc1Sc1ncc[nH]1. The Labute approximate surface area is 101 Å². The van der Waals surface area contributed by atoms with Crippen LogP contribution < -0.4 is 0 Å². The lowest BCUT2D eigenvalue weighted by atomic mass is 10.2. The number of benzene rings is 1. The van der Waals surface area contributed by atoms with Crippen LogP contribution in [-0.2, 0) is 0 Å². The molecule has 0 atom stereocenters. The summed E-state index contributed by atoms with van der Waals surface area (Å²) >= 11 is 7.07. The predicted octanol–water partition coefficient (Wildman–Crippen LogP) is 2.91. The van der Waals surface area contributed by atoms with Crippen molar-refractivity contribution in [2.75, 3.05) is 0 Å². The molecule has 0 fully saturated rings. The highest BCUT2D eigenvalue weighted by molar-refractivity contribution is 7.99. The summed E-state index contributed by atoms with van der Waals surface area (Å²) in [6, 6.07) is 4.96. The molecule has 2 N–H and O–H groups in total. The summed E-state index contributed by atoms with van der Waals surface area (Å²) in [6.07, 6.45) is 3.28. The Kier molecular flexibility index (Phi) is 3.17. The number of imidazole rings is 1. The maximum absolute atomic E-state index is 11.0. The van der Waals surface area contributed by atoms with Gasteiger partial charge in [-0.25, -0.2) is 9.78 Å². The monoisotopic (exact) mass is 254 g/mol. The Morgan fingerprint density at radius 3 is 2.94 bits per heavy atom. The summed E-state index contributed by atoms with van der Waals surface area (Å²) in [7, 11) is 0. The maximum atomic E-state index is 11.0. The highest BCUT2D eigenvalue weighted by Crippen LogP contribution is 2.31. The van der Waals surface area contributed by atoms with Gasteiger partial charge in [-0.2, -0.15) is 0 Å². The molecule has 1 heterocycles. The fourth-order valence-electron chi connectivity index (χ4n) is 1.21. The van der Waals surface area contributed by atoms with Gasteiger partial charge in [0.25, 0.3) is 0 Å². The van der Waals surface area contributed by atoms with Crippen molar-refractivity contribution < 1.29 is 9.90 Å². The lowest BCUT2D eigenvalue weighted by Gasteiger charge is -2.05. The van der Waals surface area contributed by atoms with Crippen LogP contribution in [0.15, 0.2) is 40.6 Å². The smallest absolute Gasteiger partial charge is 0.338 e. The average molecular weight is 255 g/mol. The van der Waals surface area contributed by atoms with Crippen LogP contribution in [0.4, 0.5) is 0 Å². The zero-order chi connectivity index (χ0) is 11.5. The minimum Gasteiger partial charge on any atom is -0.478 e. The lowest BCUT2D eigenvalue weighted by Crippen LogP contribution is -1.99. The van der Waals surface area contributed by atoms with Crippen LogP contribution in [0.5, 0.6) is 0 Å². The molecule has 0 saturated heterocycles. The van der Waals surface area contributed by atoms with E-state index in [1.54, 1.807) is 30.6 Å². The fraction of sp³-hybridized carbons (Fsp3) is 0. The normalized spacial score (nSPS) is 10.3. The van der Waals surface area contributed by atoms with Crippen LogP contribution in [0.25, 0.3) is 0 Å². The van der Waals surface area contributed by atoms with Gasteiger partial charge in [-0.1, -0.05) is 29.4 Å². The molecule has 0 unspecified atom stereocenters. The highest BCUT2D eigenvalue weighted by atomic mass is 35.5. The summed E-state index contributed by atoms with van der Waals surface area (Å²) in [5.41, 5.74) is 0.102. The van der Waals surface area contributed by atoms with E-state index in [0.717, 1.165) is 0 Å². The van der Waals surface area contributed by atoms with E-state index in [2.05, 4.69) is 9.97 Å². The molecule has 2 aromatic rings. The molecule has 82 valence electrons. The van der Waals surface area contributed by atoms with Crippen molar-refractivity contribution in [1.29, 1.82) is 0 Å². The van der Waals surface area contributed by atoms with Gasteiger partial charge in [0.2, 0.25) is 0 Å². The Morgan fingerprint density at radius 1 is 1.50 bits per heavy atom. The zero-order valence-electron chi connectivity index (χ0n) is 7.98. The first-order valence-electron chi connectivity index (χ1n) is 4.37. The summed E-state index contributed by atoms with van der Waals surface area (Å²) in [4.78, 5) is 18.5. The Hall–Kier alpha value is -1.46. The van der Waals surface area contributed by atoms with Crippen LogP contribution in [0.2, 0.25) is 5.02 Å². The molecule has 0 aliphatic carbocycles. The molecule has 1 aromatic carbocycles. The third-order valence-corrected chi connectivity index (χ3v) is 3.16. The van der Waals surface area contributed by atoms with E-state index in [1.807, 2.05) is 0 Å². The topological polar surface area (TPSA) is 66.0 Å². The lowest BCUT2D eigenvalue weighted by molar-refractivity contribution is 0.0693. The van der Waals surface area contributed by atoms with Crippen LogP contribution in [-0.4, -0.2) is 21.0 Å². The van der Waals surface area contributed by atoms with Crippen LogP contribution >= 0.6 is 23.4 Å². The molecule has 0 aliphatic rings. The predicted molar refractivity (Wildman–Crippen MR) is 61.1 cm³/mol. The van der Waals surface area contributed by atoms with Crippen molar-refractivity contribution in [3.8, 4) is 0 Å². The van der Waals surface area contributed by atoms with Crippen molar-refractivity contribution in [3.63, 3.8) is 0 Å². The van der Waals surface area contributed by atoms with E-state index in [9.17, 15) is 4.79 Å². The van der Waals surface area contributed by atoms with Gasteiger partial charge in [-0.3, -0.25) is 0 Å². The summed E-state index contributed by atoms with van der Waals surface area (Å²) in [6.45, 7) is 0. The molecule has 0 saturated carbocycles. The average Bonchev–Trinajstić information content (AvgIpc) is 2.70. The first kappa shape index (κ1) is 11.0. The van der Waals surface area contributed by atoms with E-state index >= 15 is 0 Å². The molecule has 1 aromatic heterocycles. The number of H-pyrrole nitrogens is 1. The number of hydrogen-bond acceptors (Lipinski definition) is 3. The second-order valence-electron chi connectivity index (χ2n) is 2.91. The van der Waals surface area contributed by atoms with Gasteiger partial charge in [-0.05, 0) is 12.1 Å². The molecule has 2 rings (SSSR count). The van der Waals surface area contributed by atoms with Crippen molar-refractivity contribution >= 4 is 29.3 Å². The number of nitrogens with one attached hydrogen (secondary N) is 1. The number of aromatic amines is 1. The van der Waals surface area contributed by atoms with Gasteiger partial charge in [0.1, 0.15) is 0 Å². The number of hydrogen-bond donors (Lipinski definition) is 2. The Balaban J connectivity index is 2.40. The maximum Gasteiger partial charge on any atom is 0.338 e. The van der Waals surface area contributed by atoms with E-state index in [4.69, 9.17) is 16.7 Å². The van der Waals surface area contributed by atoms with E-state index in [0.29, 0.717) is 10.1 Å². The standard InChI is InChI=1S/C10H7ClN2O2S/c11-6-2-1-3-7(8(6)9(14)15)16-10-12-4-5-13-10/h1-5H,(H,12,13)(H,14,15). The molecule has 0 bridgehead atoms. The molecular formula is C10H7ClN2O2S. The minimum atomic E-state index is -1.04. The van der Waals surface area contributed by atoms with Gasteiger partial charge in [0, 0.05) is 17.3 Å². The molecule has 0 amide bonds. The number of carboxylic acid groups (broad SMARTS) is 1. The number of carbonyl (C=O) groups is 1. The van der Waals surface area contributed by atoms with E-state index in [-0.39, 0.29) is 10.6 Å². The molecule has 16 heavy (non-hydrogen) atoms. The Bertz CT molecular complexity index is 514. The molecular weight excluding hydrogens is 248 g/mol. The van der Waals surface area contributed by atoms with Crippen LogP contribution in [0.3, 0.4) is 0 Å². The van der Waals surface area contributed by atoms with Gasteiger partial charge < -0.3 is 10.1 Å². The van der Waals surface area contributed by atoms with Crippen molar-refractivity contribution in [1.82, 2.24) is 9.97 Å². The largest absolute Gasteiger partial charge is 0.478 e. The van der Waals surface area contributed by atoms with E-state index < -0.39 is 5.97 Å². The number of nitrogens with zero attached hydrogens (tertiary/aromatic N) is 1. The van der Waals surface area contributed by atoms with Gasteiger partial charge in [-0.15, -0.1) is 0 Å². The fourth-order valence-corrected chi connectivity index (χ4v) is 2.41. The first-order chi connectivity index (χ1) is 7.68. The second kappa shape index (κ2) is 4.59. The summed E-state index contributed by atoms with van der Waals surface area (Å²) in [5.74, 6) is -1.04. The van der Waals surface area contributed by atoms with Crippen molar-refractivity contribution in [3.05, 3.63) is 41.2 Å². The molecule has 0 radical (unpaired) electrons. The summed E-state index contributed by atoms with van der Waals surface area (Å²) in [5, 5.41) is 9.90. The van der Waals surface area contributed by atoms with Crippen LogP contribution in [0.1, 0.15) is 10.4 Å². The van der Waals surface area contributed by atoms with Gasteiger partial charge >= 0.3 is 5.97 Å². The van der Waals surface area contributed by atoms with Crippen molar-refractivity contribution in [2.45, 2.75) is 10.1 Å². The van der Waals surface area contributed by atoms with Crippen molar-refractivity contribution in [2.24, 2.45) is 0 Å². The van der Waals surface area contributed by atoms with Gasteiger partial charge in [0.05, 0.1) is 10.6 Å². The molecule has 0 spiro atoms. The number of halogens is 1. The third-order valence-electron chi connectivity index (χ3n) is 1.87. The number of aromatic carboxylic acids is 1. The van der Waals surface area contributed by atoms with Crippen LogP contribution in [0, 0.1) is 0 Å².